The number of pyridine rings is 1. The molecule has 2 aromatic carbocycles. The minimum atomic E-state index is -0.232. The molecule has 1 aromatic heterocycles. The maximum absolute atomic E-state index is 12.8. The molecule has 0 atom stereocenters. The van der Waals surface area contributed by atoms with Gasteiger partial charge in [-0.25, -0.2) is 0 Å². The second-order valence-corrected chi connectivity index (χ2v) is 6.79. The number of carbonyl (C=O) groups excluding carboxylic acids is 1. The van der Waals surface area contributed by atoms with Crippen molar-refractivity contribution in [2.45, 2.75) is 0 Å². The highest BCUT2D eigenvalue weighted by Crippen LogP contribution is 2.21. The first-order valence-electron chi connectivity index (χ1n) is 8.54. The van der Waals surface area contributed by atoms with Gasteiger partial charge in [0.05, 0.1) is 0 Å². The van der Waals surface area contributed by atoms with E-state index in [1.54, 1.807) is 17.0 Å². The molecule has 1 amide bonds. The molecule has 0 bridgehead atoms. The third-order valence-electron chi connectivity index (χ3n) is 4.72. The second kappa shape index (κ2) is 6.84. The molecule has 0 aliphatic carbocycles. The van der Waals surface area contributed by atoms with Crippen molar-refractivity contribution in [3.8, 4) is 0 Å². The zero-order chi connectivity index (χ0) is 18.1. The Kier molecular flexibility index (Phi) is 4.39. The average Bonchev–Trinajstić information content (AvgIpc) is 2.67. The molecule has 5 nitrogen and oxygen atoms in total. The average molecular weight is 368 g/mol. The topological polar surface area (TPSA) is 56.4 Å². The molecule has 6 heteroatoms. The molecule has 0 spiro atoms. The molecule has 2 heterocycles. The Bertz CT molecular complexity index is 1020. The Morgan fingerprint density at radius 1 is 0.962 bits per heavy atom. The summed E-state index contributed by atoms with van der Waals surface area (Å²) in [6.45, 7) is 2.65. The number of benzene rings is 2. The van der Waals surface area contributed by atoms with Crippen molar-refractivity contribution in [3.63, 3.8) is 0 Å². The number of piperazine rings is 1. The Morgan fingerprint density at radius 2 is 1.73 bits per heavy atom. The van der Waals surface area contributed by atoms with E-state index in [1.165, 1.54) is 0 Å². The first-order chi connectivity index (χ1) is 12.6. The largest absolute Gasteiger partial charge is 0.368 e. The van der Waals surface area contributed by atoms with Crippen LogP contribution in [0.5, 0.6) is 0 Å². The Hall–Kier alpha value is -2.79. The van der Waals surface area contributed by atoms with E-state index in [0.29, 0.717) is 29.2 Å². The fraction of sp³-hybridized carbons (Fsp3) is 0.200. The van der Waals surface area contributed by atoms with Gasteiger partial charge in [-0.05, 0) is 35.7 Å². The van der Waals surface area contributed by atoms with Crippen molar-refractivity contribution in [1.29, 1.82) is 0 Å². The fourth-order valence-corrected chi connectivity index (χ4v) is 3.52. The Morgan fingerprint density at radius 3 is 2.50 bits per heavy atom. The van der Waals surface area contributed by atoms with E-state index in [1.807, 2.05) is 42.5 Å². The lowest BCUT2D eigenvalue weighted by Gasteiger charge is -2.36. The SMILES string of the molecule is O=C(c1cc2ccccc2c(=O)[nH]1)N1CCN(c2cccc(Cl)c2)CC1. The summed E-state index contributed by atoms with van der Waals surface area (Å²) in [5.74, 6) is -0.140. The zero-order valence-corrected chi connectivity index (χ0v) is 14.9. The molecule has 1 fully saturated rings. The monoisotopic (exact) mass is 367 g/mol. The molecule has 132 valence electrons. The quantitative estimate of drug-likeness (QED) is 0.757. The van der Waals surface area contributed by atoms with E-state index in [-0.39, 0.29) is 11.5 Å². The van der Waals surface area contributed by atoms with Crippen LogP contribution in [0.1, 0.15) is 10.5 Å². The number of H-pyrrole nitrogens is 1. The number of nitrogens with one attached hydrogen (secondary N) is 1. The molecular weight excluding hydrogens is 350 g/mol. The van der Waals surface area contributed by atoms with Crippen LogP contribution in [0.3, 0.4) is 0 Å². The molecule has 1 aliphatic heterocycles. The summed E-state index contributed by atoms with van der Waals surface area (Å²) in [4.78, 5) is 31.7. The maximum atomic E-state index is 12.8. The molecule has 4 rings (SSSR count). The predicted octanol–water partition coefficient (Wildman–Crippen LogP) is 3.14. The molecule has 0 unspecified atom stereocenters. The summed E-state index contributed by atoms with van der Waals surface area (Å²) in [5.41, 5.74) is 1.16. The van der Waals surface area contributed by atoms with Crippen LogP contribution >= 0.6 is 11.6 Å². The van der Waals surface area contributed by atoms with Crippen molar-refractivity contribution in [3.05, 3.63) is 75.7 Å². The lowest BCUT2D eigenvalue weighted by Crippen LogP contribution is -2.49. The second-order valence-electron chi connectivity index (χ2n) is 6.36. The molecule has 1 saturated heterocycles. The third-order valence-corrected chi connectivity index (χ3v) is 4.96. The van der Waals surface area contributed by atoms with Crippen LogP contribution in [0.2, 0.25) is 5.02 Å². The van der Waals surface area contributed by atoms with Crippen molar-refractivity contribution >= 4 is 34.0 Å². The van der Waals surface area contributed by atoms with Gasteiger partial charge in [0.1, 0.15) is 5.69 Å². The van der Waals surface area contributed by atoms with Gasteiger partial charge in [-0.2, -0.15) is 0 Å². The molecule has 1 N–H and O–H groups in total. The number of hydrogen-bond donors (Lipinski definition) is 1. The van der Waals surface area contributed by atoms with Crippen LogP contribution in [0.25, 0.3) is 10.8 Å². The van der Waals surface area contributed by atoms with Gasteiger partial charge in [0, 0.05) is 42.3 Å². The summed E-state index contributed by atoms with van der Waals surface area (Å²) >= 11 is 6.06. The predicted molar refractivity (Wildman–Crippen MR) is 104 cm³/mol. The normalized spacial score (nSPS) is 14.7. The van der Waals surface area contributed by atoms with Crippen LogP contribution < -0.4 is 10.5 Å². The highest BCUT2D eigenvalue weighted by molar-refractivity contribution is 6.30. The van der Waals surface area contributed by atoms with Gasteiger partial charge >= 0.3 is 0 Å². The molecular formula is C20H18ClN3O2. The first-order valence-corrected chi connectivity index (χ1v) is 8.91. The summed E-state index contributed by atoms with van der Waals surface area (Å²) in [6.07, 6.45) is 0. The van der Waals surface area contributed by atoms with Gasteiger partial charge in [0.25, 0.3) is 11.5 Å². The number of rotatable bonds is 2. The van der Waals surface area contributed by atoms with Crippen molar-refractivity contribution in [1.82, 2.24) is 9.88 Å². The Balaban J connectivity index is 1.51. The van der Waals surface area contributed by atoms with E-state index in [4.69, 9.17) is 11.6 Å². The fourth-order valence-electron chi connectivity index (χ4n) is 3.34. The number of amides is 1. The van der Waals surface area contributed by atoms with Gasteiger partial charge < -0.3 is 14.8 Å². The smallest absolute Gasteiger partial charge is 0.270 e. The summed E-state index contributed by atoms with van der Waals surface area (Å²) < 4.78 is 0. The van der Waals surface area contributed by atoms with Crippen LogP contribution in [0, 0.1) is 0 Å². The van der Waals surface area contributed by atoms with Crippen molar-refractivity contribution in [2.75, 3.05) is 31.1 Å². The van der Waals surface area contributed by atoms with Crippen LogP contribution in [0.4, 0.5) is 5.69 Å². The molecule has 0 radical (unpaired) electrons. The lowest BCUT2D eigenvalue weighted by molar-refractivity contribution is 0.0741. The standard InChI is InChI=1S/C20H18ClN3O2/c21-15-5-3-6-16(13-15)23-8-10-24(11-9-23)20(26)18-12-14-4-1-2-7-17(14)19(25)22-18/h1-7,12-13H,8-11H2,(H,22,25). The number of aromatic nitrogens is 1. The highest BCUT2D eigenvalue weighted by Gasteiger charge is 2.23. The number of carbonyl (C=O) groups is 1. The van der Waals surface area contributed by atoms with E-state index < -0.39 is 0 Å². The van der Waals surface area contributed by atoms with E-state index >= 15 is 0 Å². The van der Waals surface area contributed by atoms with E-state index in [0.717, 1.165) is 24.2 Å². The summed E-state index contributed by atoms with van der Waals surface area (Å²) in [6, 6.07) is 16.8. The first kappa shape index (κ1) is 16.7. The highest BCUT2D eigenvalue weighted by atomic mass is 35.5. The minimum absolute atomic E-state index is 0.140. The van der Waals surface area contributed by atoms with E-state index in [2.05, 4.69) is 9.88 Å². The number of hydrogen-bond acceptors (Lipinski definition) is 3. The molecule has 3 aromatic rings. The van der Waals surface area contributed by atoms with Gasteiger partial charge in [0.15, 0.2) is 0 Å². The molecule has 26 heavy (non-hydrogen) atoms. The number of anilines is 1. The molecule has 1 aliphatic rings. The van der Waals surface area contributed by atoms with Crippen molar-refractivity contribution < 1.29 is 4.79 Å². The lowest BCUT2D eigenvalue weighted by atomic mass is 10.1. The van der Waals surface area contributed by atoms with Gasteiger partial charge in [-0.3, -0.25) is 9.59 Å². The number of aromatic amines is 1. The third kappa shape index (κ3) is 3.18. The molecule has 0 saturated carbocycles. The van der Waals surface area contributed by atoms with Crippen LogP contribution in [-0.4, -0.2) is 42.0 Å². The van der Waals surface area contributed by atoms with Gasteiger partial charge in [-0.1, -0.05) is 35.9 Å². The van der Waals surface area contributed by atoms with Gasteiger partial charge in [0.2, 0.25) is 0 Å². The maximum Gasteiger partial charge on any atom is 0.270 e. The number of fused-ring (bicyclic) bond motifs is 1. The van der Waals surface area contributed by atoms with E-state index in [9.17, 15) is 9.59 Å². The van der Waals surface area contributed by atoms with Crippen LogP contribution in [-0.2, 0) is 0 Å². The Labute approximate surface area is 155 Å². The van der Waals surface area contributed by atoms with Crippen molar-refractivity contribution in [2.24, 2.45) is 0 Å². The minimum Gasteiger partial charge on any atom is -0.368 e. The zero-order valence-electron chi connectivity index (χ0n) is 14.1. The number of halogens is 1. The number of nitrogens with zero attached hydrogens (tertiary/aromatic N) is 2. The summed E-state index contributed by atoms with van der Waals surface area (Å²) in [7, 11) is 0. The summed E-state index contributed by atoms with van der Waals surface area (Å²) in [5, 5.41) is 2.07. The van der Waals surface area contributed by atoms with Gasteiger partial charge in [-0.15, -0.1) is 0 Å². The van der Waals surface area contributed by atoms with Crippen LogP contribution in [0.15, 0.2) is 59.4 Å².